The zero-order valence-electron chi connectivity index (χ0n) is 17.9. The van der Waals surface area contributed by atoms with Crippen molar-refractivity contribution in [2.75, 3.05) is 24.6 Å². The van der Waals surface area contributed by atoms with Crippen LogP contribution in [-0.4, -0.2) is 52.6 Å². The van der Waals surface area contributed by atoms with Crippen molar-refractivity contribution in [2.45, 2.75) is 66.3 Å². The molecule has 1 aromatic rings. The number of amides is 2. The van der Waals surface area contributed by atoms with Crippen LogP contribution in [0, 0.1) is 18.3 Å². The first-order chi connectivity index (χ1) is 13.1. The monoisotopic (exact) mass is 388 g/mol. The summed E-state index contributed by atoms with van der Waals surface area (Å²) in [5, 5.41) is 0. The van der Waals surface area contributed by atoms with Crippen LogP contribution in [0.1, 0.15) is 64.9 Å². The lowest BCUT2D eigenvalue weighted by atomic mass is 9.90. The summed E-state index contributed by atoms with van der Waals surface area (Å²) >= 11 is 0. The van der Waals surface area contributed by atoms with Crippen molar-refractivity contribution in [1.29, 1.82) is 0 Å². The molecule has 2 fully saturated rings. The van der Waals surface area contributed by atoms with Gasteiger partial charge in [-0.15, -0.1) is 0 Å². The van der Waals surface area contributed by atoms with Gasteiger partial charge in [-0.05, 0) is 25.7 Å². The molecule has 2 saturated heterocycles. The standard InChI is InChI=1S/C21H32N4O3/c1-13(2)16-12-28-20(27)25(16)17-11-14(3)22-18(23-17)15-7-9-24(10-8-15)19(26)21(4,5)6/h11,13,15-16H,7-10,12H2,1-6H3. The molecule has 154 valence electrons. The molecule has 2 amide bonds. The van der Waals surface area contributed by atoms with Gasteiger partial charge in [0.2, 0.25) is 5.91 Å². The minimum Gasteiger partial charge on any atom is -0.447 e. The Balaban J connectivity index is 1.78. The molecular formula is C21H32N4O3. The molecule has 0 radical (unpaired) electrons. The van der Waals surface area contributed by atoms with Crippen LogP contribution in [0.25, 0.3) is 0 Å². The summed E-state index contributed by atoms with van der Waals surface area (Å²) in [7, 11) is 0. The van der Waals surface area contributed by atoms with E-state index in [1.165, 1.54) is 0 Å². The fourth-order valence-electron chi connectivity index (χ4n) is 3.89. The van der Waals surface area contributed by atoms with Crippen molar-refractivity contribution in [3.05, 3.63) is 17.6 Å². The van der Waals surface area contributed by atoms with Crippen LogP contribution in [0.15, 0.2) is 6.07 Å². The van der Waals surface area contributed by atoms with Crippen molar-refractivity contribution in [3.8, 4) is 0 Å². The van der Waals surface area contributed by atoms with Crippen molar-refractivity contribution in [1.82, 2.24) is 14.9 Å². The number of carbonyl (C=O) groups excluding carboxylic acids is 2. The number of hydrogen-bond donors (Lipinski definition) is 0. The smallest absolute Gasteiger partial charge is 0.415 e. The summed E-state index contributed by atoms with van der Waals surface area (Å²) < 4.78 is 5.27. The topological polar surface area (TPSA) is 75.6 Å². The number of ether oxygens (including phenoxy) is 1. The zero-order chi connectivity index (χ0) is 20.6. The fraction of sp³-hybridized carbons (Fsp3) is 0.714. The van der Waals surface area contributed by atoms with Crippen molar-refractivity contribution < 1.29 is 14.3 Å². The number of piperidine rings is 1. The van der Waals surface area contributed by atoms with Crippen LogP contribution in [0.5, 0.6) is 0 Å². The Morgan fingerprint density at radius 1 is 1.21 bits per heavy atom. The number of nitrogens with zero attached hydrogens (tertiary/aromatic N) is 4. The Kier molecular flexibility index (Phi) is 5.64. The van der Waals surface area contributed by atoms with Crippen LogP contribution in [0.4, 0.5) is 10.6 Å². The fourth-order valence-corrected chi connectivity index (χ4v) is 3.89. The quantitative estimate of drug-likeness (QED) is 0.792. The predicted molar refractivity (Wildman–Crippen MR) is 107 cm³/mol. The van der Waals surface area contributed by atoms with Crippen LogP contribution in [0.3, 0.4) is 0 Å². The molecule has 7 heteroatoms. The molecule has 3 rings (SSSR count). The van der Waals surface area contributed by atoms with Gasteiger partial charge in [-0.3, -0.25) is 9.69 Å². The molecule has 0 spiro atoms. The molecule has 0 N–H and O–H groups in total. The minimum absolute atomic E-state index is 0.0131. The third-order valence-electron chi connectivity index (χ3n) is 5.57. The minimum atomic E-state index is -0.359. The van der Waals surface area contributed by atoms with E-state index in [9.17, 15) is 9.59 Å². The number of aromatic nitrogens is 2. The van der Waals surface area contributed by atoms with Gasteiger partial charge < -0.3 is 9.64 Å². The molecule has 1 unspecified atom stereocenters. The van der Waals surface area contributed by atoms with Crippen molar-refractivity contribution in [3.63, 3.8) is 0 Å². The maximum Gasteiger partial charge on any atom is 0.415 e. The predicted octanol–water partition coefficient (Wildman–Crippen LogP) is 3.52. The third-order valence-corrected chi connectivity index (χ3v) is 5.57. The number of hydrogen-bond acceptors (Lipinski definition) is 5. The number of rotatable bonds is 3. The van der Waals surface area contributed by atoms with Gasteiger partial charge in [-0.25, -0.2) is 14.8 Å². The molecule has 7 nitrogen and oxygen atoms in total. The van der Waals surface area contributed by atoms with Crippen molar-refractivity contribution in [2.24, 2.45) is 11.3 Å². The highest BCUT2D eigenvalue weighted by molar-refractivity contribution is 5.89. The summed E-state index contributed by atoms with van der Waals surface area (Å²) in [6, 6.07) is 1.84. The zero-order valence-corrected chi connectivity index (χ0v) is 17.9. The molecule has 1 aromatic heterocycles. The highest BCUT2D eigenvalue weighted by atomic mass is 16.6. The van der Waals surface area contributed by atoms with Gasteiger partial charge in [0.1, 0.15) is 18.2 Å². The lowest BCUT2D eigenvalue weighted by Crippen LogP contribution is -2.44. The largest absolute Gasteiger partial charge is 0.447 e. The van der Waals surface area contributed by atoms with E-state index in [-0.39, 0.29) is 35.3 Å². The van der Waals surface area contributed by atoms with Gasteiger partial charge in [0.15, 0.2) is 0 Å². The Hall–Kier alpha value is -2.18. The molecule has 28 heavy (non-hydrogen) atoms. The number of cyclic esters (lactones) is 1. The summed E-state index contributed by atoms with van der Waals surface area (Å²) in [5.74, 6) is 2.05. The first-order valence-electron chi connectivity index (χ1n) is 10.2. The van der Waals surface area contributed by atoms with Gasteiger partial charge in [0.25, 0.3) is 0 Å². The second kappa shape index (κ2) is 7.68. The van der Waals surface area contributed by atoms with Crippen molar-refractivity contribution >= 4 is 17.8 Å². The summed E-state index contributed by atoms with van der Waals surface area (Å²) in [6.45, 7) is 13.8. The van der Waals surface area contributed by atoms with Gasteiger partial charge in [0, 0.05) is 36.2 Å². The lowest BCUT2D eigenvalue weighted by Gasteiger charge is -2.35. The van der Waals surface area contributed by atoms with Crippen LogP contribution < -0.4 is 4.90 Å². The van der Waals surface area contributed by atoms with E-state index in [1.54, 1.807) is 4.90 Å². The van der Waals surface area contributed by atoms with E-state index in [0.29, 0.717) is 25.5 Å². The van der Waals surface area contributed by atoms with E-state index < -0.39 is 0 Å². The summed E-state index contributed by atoms with van der Waals surface area (Å²) in [6.07, 6.45) is 1.33. The van der Waals surface area contributed by atoms with Gasteiger partial charge in [-0.2, -0.15) is 0 Å². The second-order valence-corrected chi connectivity index (χ2v) is 9.30. The molecule has 0 aromatic carbocycles. The lowest BCUT2D eigenvalue weighted by molar-refractivity contribution is -0.140. The Labute approximate surface area is 167 Å². The number of anilines is 1. The Morgan fingerprint density at radius 3 is 2.43 bits per heavy atom. The molecular weight excluding hydrogens is 356 g/mol. The number of likely N-dealkylation sites (tertiary alicyclic amines) is 1. The average Bonchev–Trinajstić information content (AvgIpc) is 3.02. The highest BCUT2D eigenvalue weighted by Crippen LogP contribution is 2.31. The van der Waals surface area contributed by atoms with E-state index in [1.807, 2.05) is 38.7 Å². The molecule has 0 saturated carbocycles. The van der Waals surface area contributed by atoms with E-state index >= 15 is 0 Å². The maximum absolute atomic E-state index is 12.5. The van der Waals surface area contributed by atoms with Crippen LogP contribution >= 0.6 is 0 Å². The SMILES string of the molecule is Cc1cc(N2C(=O)OCC2C(C)C)nc(C2CCN(C(=O)C(C)(C)C)CC2)n1. The summed E-state index contributed by atoms with van der Waals surface area (Å²) in [4.78, 5) is 37.8. The molecule has 3 heterocycles. The summed E-state index contributed by atoms with van der Waals surface area (Å²) in [5.41, 5.74) is 0.484. The number of aryl methyl sites for hydroxylation is 1. The maximum atomic E-state index is 12.5. The molecule has 0 aliphatic carbocycles. The van der Waals surface area contributed by atoms with Crippen LogP contribution in [0.2, 0.25) is 0 Å². The van der Waals surface area contributed by atoms with Gasteiger partial charge in [-0.1, -0.05) is 34.6 Å². The third kappa shape index (κ3) is 4.13. The Morgan fingerprint density at radius 2 is 1.86 bits per heavy atom. The first-order valence-corrected chi connectivity index (χ1v) is 10.2. The van der Waals surface area contributed by atoms with E-state index in [2.05, 4.69) is 18.8 Å². The average molecular weight is 389 g/mol. The van der Waals surface area contributed by atoms with E-state index in [4.69, 9.17) is 9.72 Å². The second-order valence-electron chi connectivity index (χ2n) is 9.30. The van der Waals surface area contributed by atoms with E-state index in [0.717, 1.165) is 24.4 Å². The highest BCUT2D eigenvalue weighted by Gasteiger charge is 2.38. The van der Waals surface area contributed by atoms with Gasteiger partial charge in [0.05, 0.1) is 6.04 Å². The van der Waals surface area contributed by atoms with Gasteiger partial charge >= 0.3 is 6.09 Å². The molecule has 2 aliphatic rings. The molecule has 1 atom stereocenters. The Bertz CT molecular complexity index is 749. The molecule has 2 aliphatic heterocycles. The number of carbonyl (C=O) groups is 2. The van der Waals surface area contributed by atoms with Crippen LogP contribution in [-0.2, 0) is 9.53 Å². The first kappa shape index (κ1) is 20.6. The normalized spacial score (nSPS) is 21.4. The molecule has 0 bridgehead atoms.